The van der Waals surface area contributed by atoms with Crippen molar-refractivity contribution in [2.24, 2.45) is 4.99 Å². The van der Waals surface area contributed by atoms with Gasteiger partial charge in [-0.05, 0) is 73.0 Å². The molecule has 0 aromatic heterocycles. The van der Waals surface area contributed by atoms with Crippen molar-refractivity contribution in [1.82, 2.24) is 0 Å². The van der Waals surface area contributed by atoms with Crippen molar-refractivity contribution in [3.8, 4) is 11.5 Å². The molecule has 1 heterocycles. The van der Waals surface area contributed by atoms with E-state index < -0.39 is 5.97 Å². The summed E-state index contributed by atoms with van der Waals surface area (Å²) in [7, 11) is 0. The summed E-state index contributed by atoms with van der Waals surface area (Å²) >= 11 is 6.52. The van der Waals surface area contributed by atoms with Gasteiger partial charge in [-0.1, -0.05) is 35.9 Å². The number of esters is 1. The average molecular weight is 466 g/mol. The monoisotopic (exact) mass is 465 g/mol. The van der Waals surface area contributed by atoms with Crippen LogP contribution >= 0.6 is 11.6 Å². The second kappa shape index (κ2) is 9.88. The Balaban J connectivity index is 1.61. The quantitative estimate of drug-likeness (QED) is 0.312. The number of carbonyl (C=O) groups excluding carboxylic acids is 1. The fraction of sp³-hybridized carbons (Fsp3) is 0.154. The Morgan fingerprint density at radius 2 is 1.85 bits per heavy atom. The lowest BCUT2D eigenvalue weighted by Crippen LogP contribution is -2.05. The summed E-state index contributed by atoms with van der Waals surface area (Å²) in [6.07, 6.45) is 1.55. The van der Waals surface area contributed by atoms with E-state index in [-0.39, 0.29) is 17.4 Å². The van der Waals surface area contributed by atoms with Crippen LogP contribution < -0.4 is 9.47 Å². The number of ether oxygens (including phenoxy) is 3. The van der Waals surface area contributed by atoms with Gasteiger partial charge in [-0.2, -0.15) is 0 Å². The summed E-state index contributed by atoms with van der Waals surface area (Å²) in [6.45, 7) is 4.62. The minimum absolute atomic E-state index is 0.0985. The number of hydrogen-bond donors (Lipinski definition) is 0. The Kier molecular flexibility index (Phi) is 6.75. The summed E-state index contributed by atoms with van der Waals surface area (Å²) in [5.74, 6) is -0.000857. The van der Waals surface area contributed by atoms with E-state index in [4.69, 9.17) is 25.8 Å². The van der Waals surface area contributed by atoms with E-state index >= 15 is 0 Å². The van der Waals surface area contributed by atoms with E-state index in [2.05, 4.69) is 4.99 Å². The lowest BCUT2D eigenvalue weighted by Gasteiger charge is -2.15. The van der Waals surface area contributed by atoms with Crippen molar-refractivity contribution in [2.45, 2.75) is 20.5 Å². The van der Waals surface area contributed by atoms with Crippen LogP contribution in [-0.2, 0) is 16.1 Å². The average Bonchev–Trinajstić information content (AvgIpc) is 3.15. The molecule has 0 amide bonds. The number of hydrogen-bond acceptors (Lipinski definition) is 5. The third-order valence-electron chi connectivity index (χ3n) is 4.98. The largest absolute Gasteiger partial charge is 0.490 e. The number of aliphatic imine (C=N–C) groups is 1. The van der Waals surface area contributed by atoms with Crippen LogP contribution in [-0.4, -0.2) is 18.5 Å². The Labute approximate surface area is 196 Å². The van der Waals surface area contributed by atoms with Crippen molar-refractivity contribution < 1.29 is 23.4 Å². The maximum absolute atomic E-state index is 13.2. The molecule has 0 unspecified atom stereocenters. The molecule has 168 valence electrons. The minimum Gasteiger partial charge on any atom is -0.490 e. The Morgan fingerprint density at radius 1 is 1.09 bits per heavy atom. The summed E-state index contributed by atoms with van der Waals surface area (Å²) in [5.41, 5.74) is 3.35. The molecule has 0 aliphatic carbocycles. The van der Waals surface area contributed by atoms with Gasteiger partial charge in [0.05, 0.1) is 11.6 Å². The number of halogens is 2. The fourth-order valence-electron chi connectivity index (χ4n) is 3.28. The van der Waals surface area contributed by atoms with Crippen molar-refractivity contribution >= 4 is 29.5 Å². The van der Waals surface area contributed by atoms with E-state index in [1.165, 1.54) is 24.3 Å². The molecule has 0 radical (unpaired) electrons. The highest BCUT2D eigenvalue weighted by molar-refractivity contribution is 6.32. The summed E-state index contributed by atoms with van der Waals surface area (Å²) in [4.78, 5) is 16.6. The predicted octanol–water partition coefficient (Wildman–Crippen LogP) is 6.11. The predicted molar refractivity (Wildman–Crippen MR) is 125 cm³/mol. The van der Waals surface area contributed by atoms with Crippen LogP contribution in [0.5, 0.6) is 11.5 Å². The molecule has 0 saturated heterocycles. The van der Waals surface area contributed by atoms with Gasteiger partial charge < -0.3 is 14.2 Å². The first-order valence-electron chi connectivity index (χ1n) is 10.4. The SMILES string of the molecule is CCOc1cc(/C=C2\N=C(c3ccc(F)cc3)OC2=O)cc(Cl)c1OCc1ccccc1C. The summed E-state index contributed by atoms with van der Waals surface area (Å²) < 4.78 is 30.1. The molecule has 1 aliphatic rings. The molecular formula is C26H21ClFNO4. The highest BCUT2D eigenvalue weighted by Gasteiger charge is 2.24. The van der Waals surface area contributed by atoms with Crippen molar-refractivity contribution in [3.05, 3.63) is 99.5 Å². The molecule has 7 heteroatoms. The fourth-order valence-corrected chi connectivity index (χ4v) is 3.55. The molecule has 0 fully saturated rings. The standard InChI is InChI=1S/C26H21ClFNO4/c1-3-31-23-14-17(12-21(27)24(23)32-15-19-7-5-4-6-16(19)2)13-22-26(30)33-25(29-22)18-8-10-20(28)11-9-18/h4-14H,3,15H2,1-2H3/b22-13-. The van der Waals surface area contributed by atoms with Crippen molar-refractivity contribution in [1.29, 1.82) is 0 Å². The number of nitrogens with zero attached hydrogens (tertiary/aromatic N) is 1. The lowest BCUT2D eigenvalue weighted by molar-refractivity contribution is -0.129. The molecule has 4 rings (SSSR count). The Bertz CT molecular complexity index is 1250. The van der Waals surface area contributed by atoms with Gasteiger partial charge in [0.1, 0.15) is 12.4 Å². The third-order valence-corrected chi connectivity index (χ3v) is 5.26. The number of aryl methyl sites for hydroxylation is 1. The Hall–Kier alpha value is -3.64. The van der Waals surface area contributed by atoms with Crippen molar-refractivity contribution in [2.75, 3.05) is 6.61 Å². The zero-order valence-electron chi connectivity index (χ0n) is 18.1. The van der Waals surface area contributed by atoms with Gasteiger partial charge in [-0.15, -0.1) is 0 Å². The molecular weight excluding hydrogens is 445 g/mol. The number of rotatable bonds is 7. The highest BCUT2D eigenvalue weighted by Crippen LogP contribution is 2.38. The van der Waals surface area contributed by atoms with Crippen LogP contribution in [0.1, 0.15) is 29.2 Å². The van der Waals surface area contributed by atoms with Crippen LogP contribution in [0.4, 0.5) is 4.39 Å². The smallest absolute Gasteiger partial charge is 0.363 e. The van der Waals surface area contributed by atoms with E-state index in [0.717, 1.165) is 11.1 Å². The number of cyclic esters (lactones) is 1. The van der Waals surface area contributed by atoms with Crippen LogP contribution in [0.2, 0.25) is 5.02 Å². The first-order chi connectivity index (χ1) is 15.9. The molecule has 0 spiro atoms. The molecule has 5 nitrogen and oxygen atoms in total. The lowest BCUT2D eigenvalue weighted by atomic mass is 10.1. The van der Waals surface area contributed by atoms with E-state index in [0.29, 0.717) is 40.9 Å². The zero-order valence-corrected chi connectivity index (χ0v) is 18.9. The molecule has 3 aromatic rings. The van der Waals surface area contributed by atoms with Crippen molar-refractivity contribution in [3.63, 3.8) is 0 Å². The maximum Gasteiger partial charge on any atom is 0.363 e. The van der Waals surface area contributed by atoms with Gasteiger partial charge in [0.25, 0.3) is 0 Å². The Morgan fingerprint density at radius 3 is 2.58 bits per heavy atom. The topological polar surface area (TPSA) is 57.1 Å². The minimum atomic E-state index is -0.608. The molecule has 0 atom stereocenters. The van der Waals surface area contributed by atoms with E-state index in [1.54, 1.807) is 18.2 Å². The molecule has 0 bridgehead atoms. The second-order valence-corrected chi connectivity index (χ2v) is 7.73. The molecule has 3 aromatic carbocycles. The van der Waals surface area contributed by atoms with Gasteiger partial charge in [-0.25, -0.2) is 14.2 Å². The van der Waals surface area contributed by atoms with Gasteiger partial charge in [0.15, 0.2) is 17.2 Å². The van der Waals surface area contributed by atoms with Crippen LogP contribution in [0.15, 0.2) is 71.4 Å². The normalized spacial score (nSPS) is 14.2. The maximum atomic E-state index is 13.2. The molecule has 33 heavy (non-hydrogen) atoms. The van der Waals surface area contributed by atoms with Crippen LogP contribution in [0, 0.1) is 12.7 Å². The molecule has 0 saturated carbocycles. The van der Waals surface area contributed by atoms with Gasteiger partial charge in [0.2, 0.25) is 5.90 Å². The van der Waals surface area contributed by atoms with Gasteiger partial charge >= 0.3 is 5.97 Å². The van der Waals surface area contributed by atoms with E-state index in [1.807, 2.05) is 38.1 Å². The molecule has 0 N–H and O–H groups in total. The molecule has 1 aliphatic heterocycles. The second-order valence-electron chi connectivity index (χ2n) is 7.32. The number of carbonyl (C=O) groups is 1. The summed E-state index contributed by atoms with van der Waals surface area (Å²) in [5, 5.41) is 0.343. The van der Waals surface area contributed by atoms with Gasteiger partial charge in [0, 0.05) is 5.56 Å². The van der Waals surface area contributed by atoms with Gasteiger partial charge in [-0.3, -0.25) is 0 Å². The number of benzene rings is 3. The zero-order chi connectivity index (χ0) is 23.4. The third kappa shape index (κ3) is 5.23. The van der Waals surface area contributed by atoms with Crippen LogP contribution in [0.25, 0.3) is 6.08 Å². The van der Waals surface area contributed by atoms with E-state index in [9.17, 15) is 9.18 Å². The van der Waals surface area contributed by atoms with Crippen LogP contribution in [0.3, 0.4) is 0 Å². The summed E-state index contributed by atoms with van der Waals surface area (Å²) in [6, 6.07) is 16.9. The highest BCUT2D eigenvalue weighted by atomic mass is 35.5. The first kappa shape index (κ1) is 22.6. The first-order valence-corrected chi connectivity index (χ1v) is 10.7.